The third-order valence-corrected chi connectivity index (χ3v) is 5.05. The molecule has 1 heterocycles. The lowest BCUT2D eigenvalue weighted by atomic mass is 10.2. The summed E-state index contributed by atoms with van der Waals surface area (Å²) < 4.78 is 0.745. The van der Waals surface area contributed by atoms with Gasteiger partial charge >= 0.3 is 6.03 Å². The molecular weight excluding hydrogens is 506 g/mol. The van der Waals surface area contributed by atoms with Crippen molar-refractivity contribution >= 4 is 61.9 Å². The summed E-state index contributed by atoms with van der Waals surface area (Å²) in [5.41, 5.74) is 2.99. The molecule has 0 aliphatic heterocycles. The van der Waals surface area contributed by atoms with E-state index in [-0.39, 0.29) is 23.0 Å². The second kappa shape index (κ2) is 10.4. The molecule has 0 saturated carbocycles. The van der Waals surface area contributed by atoms with E-state index < -0.39 is 16.9 Å². The van der Waals surface area contributed by atoms with Crippen molar-refractivity contribution in [1.82, 2.24) is 15.6 Å². The zero-order valence-corrected chi connectivity index (χ0v) is 18.4. The van der Waals surface area contributed by atoms with Gasteiger partial charge in [0, 0.05) is 27.9 Å². The van der Waals surface area contributed by atoms with Gasteiger partial charge in [0.1, 0.15) is 10.8 Å². The molecule has 12 nitrogen and oxygen atoms in total. The first-order chi connectivity index (χ1) is 15.3. The summed E-state index contributed by atoms with van der Waals surface area (Å²) >= 11 is 4.27. The molecular formula is C18H14BrN7O5S. The van der Waals surface area contributed by atoms with Crippen LogP contribution in [-0.2, 0) is 11.2 Å². The minimum atomic E-state index is -0.621. The molecule has 0 fully saturated rings. The Kier molecular flexibility index (Phi) is 7.41. The van der Waals surface area contributed by atoms with Gasteiger partial charge in [0.05, 0.1) is 17.6 Å². The highest BCUT2D eigenvalue weighted by atomic mass is 79.9. The van der Waals surface area contributed by atoms with E-state index in [9.17, 15) is 24.8 Å². The van der Waals surface area contributed by atoms with E-state index in [1.54, 1.807) is 12.1 Å². The van der Waals surface area contributed by atoms with Gasteiger partial charge in [-0.15, -0.1) is 10.2 Å². The Hall–Kier alpha value is -3.91. The fourth-order valence-corrected chi connectivity index (χ4v) is 3.39. The van der Waals surface area contributed by atoms with Crippen LogP contribution in [-0.4, -0.2) is 38.4 Å². The van der Waals surface area contributed by atoms with Gasteiger partial charge in [0.25, 0.3) is 5.69 Å². The molecule has 3 rings (SSSR count). The van der Waals surface area contributed by atoms with Gasteiger partial charge in [-0.25, -0.2) is 10.2 Å². The number of nitrogens with zero attached hydrogens (tertiary/aromatic N) is 4. The maximum absolute atomic E-state index is 12.0. The third kappa shape index (κ3) is 6.55. The van der Waals surface area contributed by atoms with Crippen molar-refractivity contribution in [2.75, 3.05) is 10.6 Å². The second-order valence-corrected chi connectivity index (χ2v) is 8.03. The second-order valence-electron chi connectivity index (χ2n) is 6.06. The summed E-state index contributed by atoms with van der Waals surface area (Å²) in [7, 11) is 0. The Morgan fingerprint density at radius 2 is 1.94 bits per heavy atom. The summed E-state index contributed by atoms with van der Waals surface area (Å²) in [5.74, 6) is -0.452. The molecule has 14 heteroatoms. The molecule has 2 aromatic carbocycles. The summed E-state index contributed by atoms with van der Waals surface area (Å²) in [5, 5.41) is 37.3. The van der Waals surface area contributed by atoms with Crippen molar-refractivity contribution in [3.63, 3.8) is 0 Å². The number of aromatic hydroxyl groups is 1. The van der Waals surface area contributed by atoms with Crippen LogP contribution in [0, 0.1) is 10.1 Å². The first kappa shape index (κ1) is 22.8. The number of hydrogen-bond donors (Lipinski definition) is 4. The van der Waals surface area contributed by atoms with Crippen LogP contribution in [0.15, 0.2) is 52.0 Å². The van der Waals surface area contributed by atoms with Crippen LogP contribution < -0.4 is 16.1 Å². The number of anilines is 2. The molecule has 0 unspecified atom stereocenters. The summed E-state index contributed by atoms with van der Waals surface area (Å²) in [4.78, 5) is 34.1. The lowest BCUT2D eigenvalue weighted by molar-refractivity contribution is -0.384. The lowest BCUT2D eigenvalue weighted by Gasteiger charge is -2.04. The molecule has 3 aromatic rings. The van der Waals surface area contributed by atoms with Gasteiger partial charge in [0.2, 0.25) is 11.0 Å². The van der Waals surface area contributed by atoms with Crippen LogP contribution >= 0.6 is 27.3 Å². The van der Waals surface area contributed by atoms with Crippen molar-refractivity contribution in [1.29, 1.82) is 0 Å². The smallest absolute Gasteiger partial charge is 0.325 e. The fraction of sp³-hybridized carbons (Fsp3) is 0.0556. The minimum absolute atomic E-state index is 0.0121. The number of phenolic OH excluding ortho intramolecular Hbond substituents is 1. The molecule has 4 N–H and O–H groups in total. The Labute approximate surface area is 192 Å². The van der Waals surface area contributed by atoms with Crippen molar-refractivity contribution < 1.29 is 19.6 Å². The van der Waals surface area contributed by atoms with Gasteiger partial charge < -0.3 is 10.4 Å². The van der Waals surface area contributed by atoms with Crippen molar-refractivity contribution in [3.05, 3.63) is 67.6 Å². The number of nitrogens with one attached hydrogen (secondary N) is 3. The number of aromatic nitrogens is 2. The zero-order chi connectivity index (χ0) is 23.1. The van der Waals surface area contributed by atoms with Gasteiger partial charge in [-0.2, -0.15) is 5.10 Å². The van der Waals surface area contributed by atoms with Crippen molar-refractivity contribution in [3.8, 4) is 5.75 Å². The van der Waals surface area contributed by atoms with E-state index in [0.29, 0.717) is 16.3 Å². The average molecular weight is 520 g/mol. The molecule has 1 aromatic heterocycles. The van der Waals surface area contributed by atoms with E-state index in [1.165, 1.54) is 36.5 Å². The monoisotopic (exact) mass is 519 g/mol. The summed E-state index contributed by atoms with van der Waals surface area (Å²) in [6.45, 7) is 0. The quantitative estimate of drug-likeness (QED) is 0.210. The van der Waals surface area contributed by atoms with Crippen LogP contribution in [0.3, 0.4) is 0 Å². The van der Waals surface area contributed by atoms with E-state index in [2.05, 4.69) is 47.3 Å². The molecule has 0 aliphatic carbocycles. The normalized spacial score (nSPS) is 10.7. The Morgan fingerprint density at radius 3 is 2.66 bits per heavy atom. The fourth-order valence-electron chi connectivity index (χ4n) is 2.28. The standard InChI is InChI=1S/C18H14BrN7O5S/c19-11-1-6-14(27)10(7-11)9-20-23-15(28)8-16-24-25-18(32-16)22-17(29)21-12-2-4-13(5-3-12)26(30)31/h1-7,9,27H,8H2,(H,23,28)(H2,21,22,25,29)/b20-9-. The minimum Gasteiger partial charge on any atom is -0.507 e. The number of benzene rings is 2. The van der Waals surface area contributed by atoms with Crippen LogP contribution in [0.1, 0.15) is 10.6 Å². The van der Waals surface area contributed by atoms with E-state index in [4.69, 9.17) is 0 Å². The summed E-state index contributed by atoms with van der Waals surface area (Å²) in [6, 6.07) is 9.47. The highest BCUT2D eigenvalue weighted by Gasteiger charge is 2.12. The van der Waals surface area contributed by atoms with Crippen molar-refractivity contribution in [2.24, 2.45) is 5.10 Å². The van der Waals surface area contributed by atoms with Crippen LogP contribution in [0.25, 0.3) is 0 Å². The molecule has 0 atom stereocenters. The molecule has 0 spiro atoms. The lowest BCUT2D eigenvalue weighted by Crippen LogP contribution is -2.19. The predicted molar refractivity (Wildman–Crippen MR) is 121 cm³/mol. The molecule has 0 saturated heterocycles. The molecule has 0 bridgehead atoms. The number of hydrazone groups is 1. The SMILES string of the molecule is O=C(Cc1nnc(NC(=O)Nc2ccc([N+](=O)[O-])cc2)s1)N/N=C\c1cc(Br)ccc1O. The molecule has 0 radical (unpaired) electrons. The maximum atomic E-state index is 12.0. The summed E-state index contributed by atoms with van der Waals surface area (Å²) in [6.07, 6.45) is 1.18. The van der Waals surface area contributed by atoms with Gasteiger partial charge in [-0.05, 0) is 30.3 Å². The molecule has 0 aliphatic rings. The van der Waals surface area contributed by atoms with Gasteiger partial charge in [0.15, 0.2) is 0 Å². The number of carbonyl (C=O) groups excluding carboxylic acids is 2. The predicted octanol–water partition coefficient (Wildman–Crippen LogP) is 3.25. The largest absolute Gasteiger partial charge is 0.507 e. The van der Waals surface area contributed by atoms with Gasteiger partial charge in [-0.3, -0.25) is 20.2 Å². The number of rotatable bonds is 7. The molecule has 164 valence electrons. The first-order valence-corrected chi connectivity index (χ1v) is 10.4. The van der Waals surface area contributed by atoms with Crippen LogP contribution in [0.4, 0.5) is 21.3 Å². The number of halogens is 1. The van der Waals surface area contributed by atoms with Crippen LogP contribution in [0.5, 0.6) is 5.75 Å². The topological polar surface area (TPSA) is 172 Å². The number of nitro groups is 1. The highest BCUT2D eigenvalue weighted by Crippen LogP contribution is 2.20. The number of nitro benzene ring substituents is 1. The average Bonchev–Trinajstić information content (AvgIpc) is 3.17. The Bertz CT molecular complexity index is 1180. The zero-order valence-electron chi connectivity index (χ0n) is 16.0. The number of urea groups is 1. The molecule has 32 heavy (non-hydrogen) atoms. The third-order valence-electron chi connectivity index (χ3n) is 3.72. The number of phenols is 1. The number of hydrogen-bond acceptors (Lipinski definition) is 9. The number of carbonyl (C=O) groups is 2. The highest BCUT2D eigenvalue weighted by molar-refractivity contribution is 9.10. The first-order valence-electron chi connectivity index (χ1n) is 8.75. The van der Waals surface area contributed by atoms with Gasteiger partial charge in [-0.1, -0.05) is 27.3 Å². The van der Waals surface area contributed by atoms with E-state index >= 15 is 0 Å². The Morgan fingerprint density at radius 1 is 1.19 bits per heavy atom. The van der Waals surface area contributed by atoms with E-state index in [1.807, 2.05) is 0 Å². The number of non-ortho nitro benzene ring substituents is 1. The Balaban J connectivity index is 1.49. The maximum Gasteiger partial charge on any atom is 0.325 e. The van der Waals surface area contributed by atoms with Crippen molar-refractivity contribution in [2.45, 2.75) is 6.42 Å². The number of amides is 3. The van der Waals surface area contributed by atoms with E-state index in [0.717, 1.165) is 15.8 Å². The molecule has 3 amide bonds. The van der Waals surface area contributed by atoms with Crippen LogP contribution in [0.2, 0.25) is 0 Å².